The van der Waals surface area contributed by atoms with Crippen molar-refractivity contribution in [2.75, 3.05) is 6.54 Å². The number of carbonyl (C=O) groups excluding carboxylic acids is 1. The maximum absolute atomic E-state index is 12.3. The Labute approximate surface area is 118 Å². The van der Waals surface area contributed by atoms with Gasteiger partial charge in [0.25, 0.3) is 0 Å². The van der Waals surface area contributed by atoms with Gasteiger partial charge in [-0.25, -0.2) is 0 Å². The van der Waals surface area contributed by atoms with Gasteiger partial charge in [-0.1, -0.05) is 11.6 Å². The number of aliphatic hydroxyl groups excluding tert-OH is 1. The first-order chi connectivity index (χ1) is 9.13. The quantitative estimate of drug-likeness (QED) is 0.865. The summed E-state index contributed by atoms with van der Waals surface area (Å²) in [5.74, 6) is 0.143. The number of aliphatic hydroxyl groups is 1. The van der Waals surface area contributed by atoms with E-state index in [0.717, 1.165) is 31.2 Å². The number of fused-ring (bicyclic) bond motifs is 2. The summed E-state index contributed by atoms with van der Waals surface area (Å²) in [7, 11) is 0. The normalized spacial score (nSPS) is 30.5. The number of piperidine rings is 1. The van der Waals surface area contributed by atoms with Crippen molar-refractivity contribution in [2.45, 2.75) is 43.9 Å². The minimum atomic E-state index is -0.181. The number of halogens is 1. The Hall–Kier alpha value is -0.900. The van der Waals surface area contributed by atoms with Gasteiger partial charge in [0.15, 0.2) is 5.78 Å². The van der Waals surface area contributed by atoms with Gasteiger partial charge in [0.2, 0.25) is 0 Å². The van der Waals surface area contributed by atoms with Crippen LogP contribution in [-0.2, 0) is 0 Å². The van der Waals surface area contributed by atoms with Gasteiger partial charge in [-0.2, -0.15) is 0 Å². The Morgan fingerprint density at radius 3 is 2.37 bits per heavy atom. The SMILES string of the molecule is O=C(CN1C2CCC1CC(O)C2)c1ccc(Cl)cc1. The molecule has 2 heterocycles. The average Bonchev–Trinajstić information content (AvgIpc) is 2.62. The second kappa shape index (κ2) is 5.23. The first-order valence-corrected chi connectivity index (χ1v) is 7.24. The van der Waals surface area contributed by atoms with E-state index in [4.69, 9.17) is 11.6 Å². The summed E-state index contributed by atoms with van der Waals surface area (Å²) in [6.45, 7) is 0.462. The lowest BCUT2D eigenvalue weighted by atomic mass is 9.99. The van der Waals surface area contributed by atoms with Gasteiger partial charge in [0.05, 0.1) is 12.6 Å². The number of hydrogen-bond donors (Lipinski definition) is 1. The van der Waals surface area contributed by atoms with Crippen molar-refractivity contribution in [3.63, 3.8) is 0 Å². The second-order valence-corrected chi connectivity index (χ2v) is 6.05. The summed E-state index contributed by atoms with van der Waals surface area (Å²) < 4.78 is 0. The monoisotopic (exact) mass is 279 g/mol. The van der Waals surface area contributed by atoms with Crippen LogP contribution in [0, 0.1) is 0 Å². The Morgan fingerprint density at radius 2 is 1.79 bits per heavy atom. The number of benzene rings is 1. The van der Waals surface area contributed by atoms with Gasteiger partial charge in [-0.15, -0.1) is 0 Å². The molecule has 2 bridgehead atoms. The highest BCUT2D eigenvalue weighted by molar-refractivity contribution is 6.30. The molecule has 0 aliphatic carbocycles. The van der Waals surface area contributed by atoms with Gasteiger partial charge in [0.1, 0.15) is 0 Å². The van der Waals surface area contributed by atoms with Crippen LogP contribution in [0.5, 0.6) is 0 Å². The van der Waals surface area contributed by atoms with E-state index < -0.39 is 0 Å². The van der Waals surface area contributed by atoms with Crippen molar-refractivity contribution in [1.82, 2.24) is 4.90 Å². The lowest BCUT2D eigenvalue weighted by Gasteiger charge is -2.36. The molecule has 3 rings (SSSR count). The topological polar surface area (TPSA) is 40.5 Å². The fraction of sp³-hybridized carbons (Fsp3) is 0.533. The fourth-order valence-corrected chi connectivity index (χ4v) is 3.52. The molecule has 0 spiro atoms. The van der Waals surface area contributed by atoms with E-state index in [2.05, 4.69) is 4.90 Å². The third-order valence-corrected chi connectivity index (χ3v) is 4.60. The van der Waals surface area contributed by atoms with Crippen molar-refractivity contribution < 1.29 is 9.90 Å². The Kier molecular flexibility index (Phi) is 3.61. The second-order valence-electron chi connectivity index (χ2n) is 5.61. The summed E-state index contributed by atoms with van der Waals surface area (Å²) in [5, 5.41) is 10.4. The lowest BCUT2D eigenvalue weighted by molar-refractivity contribution is 0.0344. The minimum absolute atomic E-state index is 0.143. The molecule has 1 aromatic rings. The number of rotatable bonds is 3. The standard InChI is InChI=1S/C15H18ClNO2/c16-11-3-1-10(2-4-11)15(19)9-17-12-5-6-13(17)8-14(18)7-12/h1-4,12-14,18H,5-9H2. The molecule has 0 aromatic heterocycles. The third kappa shape index (κ3) is 2.69. The highest BCUT2D eigenvalue weighted by Gasteiger charge is 2.40. The lowest BCUT2D eigenvalue weighted by Crippen LogP contribution is -2.46. The first-order valence-electron chi connectivity index (χ1n) is 6.86. The zero-order chi connectivity index (χ0) is 13.4. The van der Waals surface area contributed by atoms with E-state index in [9.17, 15) is 9.90 Å². The molecule has 4 heteroatoms. The Bertz CT molecular complexity index is 460. The van der Waals surface area contributed by atoms with Crippen LogP contribution in [-0.4, -0.2) is 40.5 Å². The van der Waals surface area contributed by atoms with Crippen LogP contribution < -0.4 is 0 Å². The van der Waals surface area contributed by atoms with Crippen molar-refractivity contribution in [3.8, 4) is 0 Å². The van der Waals surface area contributed by atoms with Crippen molar-refractivity contribution >= 4 is 17.4 Å². The molecular weight excluding hydrogens is 262 g/mol. The number of hydrogen-bond acceptors (Lipinski definition) is 3. The van der Waals surface area contributed by atoms with Crippen LogP contribution in [0.1, 0.15) is 36.0 Å². The van der Waals surface area contributed by atoms with Crippen LogP contribution in [0.4, 0.5) is 0 Å². The number of ketones is 1. The van der Waals surface area contributed by atoms with E-state index in [1.54, 1.807) is 24.3 Å². The maximum Gasteiger partial charge on any atom is 0.176 e. The molecule has 0 radical (unpaired) electrons. The molecule has 19 heavy (non-hydrogen) atoms. The van der Waals surface area contributed by atoms with Crippen LogP contribution in [0.25, 0.3) is 0 Å². The zero-order valence-corrected chi connectivity index (χ0v) is 11.5. The third-order valence-electron chi connectivity index (χ3n) is 4.35. The van der Waals surface area contributed by atoms with E-state index in [1.165, 1.54) is 0 Å². The fourth-order valence-electron chi connectivity index (χ4n) is 3.40. The molecule has 2 aliphatic heterocycles. The number of carbonyl (C=O) groups is 1. The van der Waals surface area contributed by atoms with Crippen LogP contribution in [0.15, 0.2) is 24.3 Å². The van der Waals surface area contributed by atoms with E-state index in [1.807, 2.05) is 0 Å². The molecular formula is C15H18ClNO2. The molecule has 2 unspecified atom stereocenters. The number of Topliss-reactive ketones (excluding diaryl/α,β-unsaturated/α-hetero) is 1. The van der Waals surface area contributed by atoms with Gasteiger partial charge >= 0.3 is 0 Å². The van der Waals surface area contributed by atoms with E-state index in [-0.39, 0.29) is 11.9 Å². The molecule has 1 aromatic carbocycles. The molecule has 102 valence electrons. The van der Waals surface area contributed by atoms with Crippen LogP contribution in [0.2, 0.25) is 5.02 Å². The summed E-state index contributed by atoms with van der Waals surface area (Å²) in [4.78, 5) is 14.6. The molecule has 0 amide bonds. The van der Waals surface area contributed by atoms with E-state index >= 15 is 0 Å². The predicted octanol–water partition coefficient (Wildman–Crippen LogP) is 2.51. The van der Waals surface area contributed by atoms with E-state index in [0.29, 0.717) is 23.7 Å². The summed E-state index contributed by atoms with van der Waals surface area (Å²) >= 11 is 5.83. The molecule has 2 aliphatic rings. The van der Waals surface area contributed by atoms with Crippen molar-refractivity contribution in [2.24, 2.45) is 0 Å². The molecule has 2 saturated heterocycles. The van der Waals surface area contributed by atoms with Crippen LogP contribution >= 0.6 is 11.6 Å². The van der Waals surface area contributed by atoms with Crippen molar-refractivity contribution in [3.05, 3.63) is 34.9 Å². The molecule has 2 fully saturated rings. The smallest absolute Gasteiger partial charge is 0.176 e. The average molecular weight is 280 g/mol. The summed E-state index contributed by atoms with van der Waals surface area (Å²) in [6, 6.07) is 7.83. The Morgan fingerprint density at radius 1 is 1.21 bits per heavy atom. The van der Waals surface area contributed by atoms with Gasteiger partial charge < -0.3 is 5.11 Å². The number of nitrogens with zero attached hydrogens (tertiary/aromatic N) is 1. The Balaban J connectivity index is 1.69. The largest absolute Gasteiger partial charge is 0.393 e. The highest BCUT2D eigenvalue weighted by Crippen LogP contribution is 2.35. The highest BCUT2D eigenvalue weighted by atomic mass is 35.5. The molecule has 3 nitrogen and oxygen atoms in total. The molecule has 2 atom stereocenters. The zero-order valence-electron chi connectivity index (χ0n) is 10.8. The van der Waals surface area contributed by atoms with Crippen LogP contribution in [0.3, 0.4) is 0 Å². The molecule has 0 saturated carbocycles. The summed E-state index contributed by atoms with van der Waals surface area (Å²) in [5.41, 5.74) is 0.718. The van der Waals surface area contributed by atoms with Crippen molar-refractivity contribution in [1.29, 1.82) is 0 Å². The van der Waals surface area contributed by atoms with Gasteiger partial charge in [-0.3, -0.25) is 9.69 Å². The minimum Gasteiger partial charge on any atom is -0.393 e. The van der Waals surface area contributed by atoms with Gasteiger partial charge in [0, 0.05) is 22.7 Å². The maximum atomic E-state index is 12.3. The first kappa shape index (κ1) is 13.1. The molecule has 1 N–H and O–H groups in total. The predicted molar refractivity (Wildman–Crippen MR) is 74.5 cm³/mol. The van der Waals surface area contributed by atoms with Gasteiger partial charge in [-0.05, 0) is 49.9 Å². The summed E-state index contributed by atoms with van der Waals surface area (Å²) in [6.07, 6.45) is 3.65.